The van der Waals surface area contributed by atoms with Gasteiger partial charge < -0.3 is 15.5 Å². The van der Waals surface area contributed by atoms with Crippen molar-refractivity contribution < 1.29 is 9.59 Å². The lowest BCUT2D eigenvalue weighted by Gasteiger charge is -2.23. The topological polar surface area (TPSA) is 61.4 Å². The van der Waals surface area contributed by atoms with Crippen molar-refractivity contribution in [1.82, 2.24) is 15.5 Å². The van der Waals surface area contributed by atoms with Crippen molar-refractivity contribution in [3.8, 4) is 0 Å². The second kappa shape index (κ2) is 6.74. The molecule has 1 fully saturated rings. The summed E-state index contributed by atoms with van der Waals surface area (Å²) >= 11 is 3.48. The van der Waals surface area contributed by atoms with E-state index < -0.39 is 0 Å². The van der Waals surface area contributed by atoms with Gasteiger partial charge in [-0.1, -0.05) is 34.1 Å². The Balaban J connectivity index is 1.97. The predicted octanol–water partition coefficient (Wildman–Crippen LogP) is 2.04. The van der Waals surface area contributed by atoms with E-state index in [-0.39, 0.29) is 18.0 Å². The van der Waals surface area contributed by atoms with Crippen LogP contribution in [0.4, 0.5) is 4.79 Å². The van der Waals surface area contributed by atoms with Crippen molar-refractivity contribution in [3.63, 3.8) is 0 Å². The SMILES string of the molecule is C[C@H](NC(=O)N1CCNC(=O)CC1)c1ccccc1Br. The van der Waals surface area contributed by atoms with Crippen molar-refractivity contribution in [2.75, 3.05) is 19.6 Å². The number of amides is 3. The summed E-state index contributed by atoms with van der Waals surface area (Å²) < 4.78 is 0.973. The van der Waals surface area contributed by atoms with Crippen molar-refractivity contribution in [1.29, 1.82) is 0 Å². The van der Waals surface area contributed by atoms with Crippen LogP contribution >= 0.6 is 15.9 Å². The molecular weight excluding hydrogens is 322 g/mol. The van der Waals surface area contributed by atoms with Crippen LogP contribution in [-0.2, 0) is 4.79 Å². The summed E-state index contributed by atoms with van der Waals surface area (Å²) in [7, 11) is 0. The second-order valence-corrected chi connectivity index (χ2v) is 5.63. The molecule has 1 aromatic carbocycles. The summed E-state index contributed by atoms with van der Waals surface area (Å²) in [6, 6.07) is 7.58. The van der Waals surface area contributed by atoms with Crippen molar-refractivity contribution in [2.24, 2.45) is 0 Å². The molecule has 3 amide bonds. The second-order valence-electron chi connectivity index (χ2n) is 4.78. The van der Waals surface area contributed by atoms with Gasteiger partial charge in [0.25, 0.3) is 0 Å². The van der Waals surface area contributed by atoms with Crippen LogP contribution in [0.15, 0.2) is 28.7 Å². The summed E-state index contributed by atoms with van der Waals surface area (Å²) in [6.07, 6.45) is 0.358. The lowest BCUT2D eigenvalue weighted by molar-refractivity contribution is -0.120. The van der Waals surface area contributed by atoms with Gasteiger partial charge in [0, 0.05) is 30.5 Å². The van der Waals surface area contributed by atoms with Gasteiger partial charge >= 0.3 is 6.03 Å². The normalized spacial score (nSPS) is 17.1. The molecule has 1 atom stereocenters. The summed E-state index contributed by atoms with van der Waals surface area (Å²) in [5.41, 5.74) is 1.03. The first-order valence-electron chi connectivity index (χ1n) is 6.64. The fourth-order valence-corrected chi connectivity index (χ4v) is 2.78. The van der Waals surface area contributed by atoms with E-state index in [9.17, 15) is 9.59 Å². The number of nitrogens with zero attached hydrogens (tertiary/aromatic N) is 1. The van der Waals surface area contributed by atoms with Crippen molar-refractivity contribution in [2.45, 2.75) is 19.4 Å². The van der Waals surface area contributed by atoms with Gasteiger partial charge in [0.15, 0.2) is 0 Å². The summed E-state index contributed by atoms with van der Waals surface area (Å²) in [6.45, 7) is 3.45. The van der Waals surface area contributed by atoms with Gasteiger partial charge in [-0.2, -0.15) is 0 Å². The van der Waals surface area contributed by atoms with Crippen LogP contribution < -0.4 is 10.6 Å². The van der Waals surface area contributed by atoms with E-state index in [0.29, 0.717) is 26.1 Å². The number of urea groups is 1. The first-order valence-corrected chi connectivity index (χ1v) is 7.44. The molecule has 0 aromatic heterocycles. The van der Waals surface area contributed by atoms with Gasteiger partial charge in [0.1, 0.15) is 0 Å². The molecule has 1 saturated heterocycles. The Hall–Kier alpha value is -1.56. The molecule has 1 heterocycles. The number of hydrogen-bond acceptors (Lipinski definition) is 2. The Morgan fingerprint density at radius 2 is 2.15 bits per heavy atom. The third-order valence-electron chi connectivity index (χ3n) is 3.31. The third-order valence-corrected chi connectivity index (χ3v) is 4.03. The molecule has 2 N–H and O–H groups in total. The Labute approximate surface area is 126 Å². The molecule has 0 radical (unpaired) electrons. The van der Waals surface area contributed by atoms with E-state index in [1.807, 2.05) is 31.2 Å². The zero-order valence-corrected chi connectivity index (χ0v) is 12.9. The number of carbonyl (C=O) groups excluding carboxylic acids is 2. The fourth-order valence-electron chi connectivity index (χ4n) is 2.15. The van der Waals surface area contributed by atoms with E-state index >= 15 is 0 Å². The zero-order chi connectivity index (χ0) is 14.5. The Kier molecular flexibility index (Phi) is 5.00. The quantitative estimate of drug-likeness (QED) is 0.866. The molecule has 2 rings (SSSR count). The number of hydrogen-bond donors (Lipinski definition) is 2. The van der Waals surface area contributed by atoms with Crippen LogP contribution in [0.25, 0.3) is 0 Å². The lowest BCUT2D eigenvalue weighted by atomic mass is 10.1. The summed E-state index contributed by atoms with van der Waals surface area (Å²) in [4.78, 5) is 25.1. The monoisotopic (exact) mass is 339 g/mol. The van der Waals surface area contributed by atoms with Crippen LogP contribution in [0.2, 0.25) is 0 Å². The van der Waals surface area contributed by atoms with E-state index in [0.717, 1.165) is 10.0 Å². The zero-order valence-electron chi connectivity index (χ0n) is 11.4. The first kappa shape index (κ1) is 14.8. The molecule has 1 aliphatic heterocycles. The number of rotatable bonds is 2. The minimum Gasteiger partial charge on any atom is -0.354 e. The van der Waals surface area contributed by atoms with Gasteiger partial charge in [-0.15, -0.1) is 0 Å². The van der Waals surface area contributed by atoms with Gasteiger partial charge in [0.2, 0.25) is 5.91 Å². The highest BCUT2D eigenvalue weighted by Crippen LogP contribution is 2.22. The number of carbonyl (C=O) groups is 2. The van der Waals surface area contributed by atoms with Crippen LogP contribution in [0.1, 0.15) is 24.9 Å². The van der Waals surface area contributed by atoms with Crippen LogP contribution in [-0.4, -0.2) is 36.5 Å². The maximum Gasteiger partial charge on any atom is 0.317 e. The molecule has 20 heavy (non-hydrogen) atoms. The highest BCUT2D eigenvalue weighted by atomic mass is 79.9. The molecule has 0 saturated carbocycles. The maximum absolute atomic E-state index is 12.2. The number of nitrogens with one attached hydrogen (secondary N) is 2. The van der Waals surface area contributed by atoms with E-state index in [2.05, 4.69) is 26.6 Å². The van der Waals surface area contributed by atoms with Gasteiger partial charge in [-0.05, 0) is 18.6 Å². The van der Waals surface area contributed by atoms with Gasteiger partial charge in [-0.3, -0.25) is 4.79 Å². The van der Waals surface area contributed by atoms with Gasteiger partial charge in [0.05, 0.1) is 6.04 Å². The Morgan fingerprint density at radius 1 is 1.40 bits per heavy atom. The lowest BCUT2D eigenvalue weighted by Crippen LogP contribution is -2.42. The van der Waals surface area contributed by atoms with Crippen molar-refractivity contribution >= 4 is 27.9 Å². The van der Waals surface area contributed by atoms with E-state index in [1.54, 1.807) is 4.90 Å². The molecule has 6 heteroatoms. The van der Waals surface area contributed by atoms with Crippen molar-refractivity contribution in [3.05, 3.63) is 34.3 Å². The number of halogens is 1. The molecular formula is C14H18BrN3O2. The van der Waals surface area contributed by atoms with Gasteiger partial charge in [-0.25, -0.2) is 4.79 Å². The standard InChI is InChI=1S/C14H18BrN3O2/c1-10(11-4-2-3-5-12(11)15)17-14(20)18-8-6-13(19)16-7-9-18/h2-5,10H,6-9H2,1H3,(H,16,19)(H,17,20)/t10-/m0/s1. The molecule has 0 bridgehead atoms. The van der Waals surface area contributed by atoms with Crippen LogP contribution in [0.3, 0.4) is 0 Å². The largest absolute Gasteiger partial charge is 0.354 e. The molecule has 5 nitrogen and oxygen atoms in total. The average Bonchev–Trinajstić information content (AvgIpc) is 2.64. The van der Waals surface area contributed by atoms with Crippen LogP contribution in [0, 0.1) is 0 Å². The van der Waals surface area contributed by atoms with E-state index in [4.69, 9.17) is 0 Å². The fraction of sp³-hybridized carbons (Fsp3) is 0.429. The summed E-state index contributed by atoms with van der Waals surface area (Å²) in [5.74, 6) is -0.000785. The smallest absolute Gasteiger partial charge is 0.317 e. The van der Waals surface area contributed by atoms with Crippen LogP contribution in [0.5, 0.6) is 0 Å². The molecule has 108 valence electrons. The molecule has 0 aliphatic carbocycles. The molecule has 0 unspecified atom stereocenters. The highest BCUT2D eigenvalue weighted by molar-refractivity contribution is 9.10. The van der Waals surface area contributed by atoms with E-state index in [1.165, 1.54) is 0 Å². The molecule has 1 aromatic rings. The maximum atomic E-state index is 12.2. The predicted molar refractivity (Wildman–Crippen MR) is 80.3 cm³/mol. The number of benzene rings is 1. The molecule has 0 spiro atoms. The first-order chi connectivity index (χ1) is 9.58. The minimum absolute atomic E-state index is 0.000785. The highest BCUT2D eigenvalue weighted by Gasteiger charge is 2.20. The summed E-state index contributed by atoms with van der Waals surface area (Å²) in [5, 5.41) is 5.72. The Morgan fingerprint density at radius 3 is 2.90 bits per heavy atom. The average molecular weight is 340 g/mol. The Bertz CT molecular complexity index is 507. The minimum atomic E-state index is -0.134. The third kappa shape index (κ3) is 3.72. The molecule has 1 aliphatic rings.